The second-order valence-corrected chi connectivity index (χ2v) is 7.08. The molecule has 0 bridgehead atoms. The number of hydrogen-bond donors (Lipinski definition) is 1. The Bertz CT molecular complexity index is 1140. The van der Waals surface area contributed by atoms with Gasteiger partial charge in [0, 0.05) is 43.1 Å². The fourth-order valence-electron chi connectivity index (χ4n) is 3.78. The number of carbonyl (C=O) groups is 1. The van der Waals surface area contributed by atoms with E-state index in [1.54, 1.807) is 12.5 Å². The molecule has 1 N–H and O–H groups in total. The van der Waals surface area contributed by atoms with E-state index in [1.165, 1.54) is 0 Å². The van der Waals surface area contributed by atoms with Gasteiger partial charge in [-0.15, -0.1) is 0 Å². The zero-order chi connectivity index (χ0) is 18.9. The standard InChI is InChI=1S/C22H20N4O2/c27-22(16-6-7-18-19(13-16)25-14-24-18)26-11-8-17(9-12-26)28-20-5-1-3-15-4-2-10-23-21(15)20/h1-7,10,13-14,17H,8-9,11-12H2,(H,24,25). The topological polar surface area (TPSA) is 71.1 Å². The van der Waals surface area contributed by atoms with E-state index in [0.29, 0.717) is 18.7 Å². The number of pyridine rings is 1. The van der Waals surface area contributed by atoms with E-state index in [4.69, 9.17) is 4.74 Å². The van der Waals surface area contributed by atoms with Gasteiger partial charge < -0.3 is 14.6 Å². The number of amides is 1. The lowest BCUT2D eigenvalue weighted by Gasteiger charge is -2.32. The number of nitrogens with zero attached hydrogens (tertiary/aromatic N) is 3. The highest BCUT2D eigenvalue weighted by molar-refractivity contribution is 5.97. The molecule has 0 radical (unpaired) electrons. The molecule has 1 aliphatic rings. The first-order chi connectivity index (χ1) is 13.8. The van der Waals surface area contributed by atoms with Gasteiger partial charge in [0.1, 0.15) is 17.4 Å². The summed E-state index contributed by atoms with van der Waals surface area (Å²) < 4.78 is 6.24. The van der Waals surface area contributed by atoms with E-state index < -0.39 is 0 Å². The number of imidazole rings is 1. The number of aromatic nitrogens is 3. The van der Waals surface area contributed by atoms with Crippen LogP contribution in [-0.4, -0.2) is 45.0 Å². The molecular formula is C22H20N4O2. The van der Waals surface area contributed by atoms with Crippen LogP contribution >= 0.6 is 0 Å². The maximum atomic E-state index is 12.8. The maximum Gasteiger partial charge on any atom is 0.253 e. The molecular weight excluding hydrogens is 352 g/mol. The van der Waals surface area contributed by atoms with E-state index in [2.05, 4.69) is 15.0 Å². The lowest BCUT2D eigenvalue weighted by atomic mass is 10.1. The van der Waals surface area contributed by atoms with E-state index in [-0.39, 0.29) is 12.0 Å². The summed E-state index contributed by atoms with van der Waals surface area (Å²) in [5.74, 6) is 0.870. The lowest BCUT2D eigenvalue weighted by molar-refractivity contribution is 0.0598. The van der Waals surface area contributed by atoms with E-state index >= 15 is 0 Å². The van der Waals surface area contributed by atoms with Crippen molar-refractivity contribution in [2.24, 2.45) is 0 Å². The van der Waals surface area contributed by atoms with Crippen molar-refractivity contribution >= 4 is 27.8 Å². The number of rotatable bonds is 3. The van der Waals surface area contributed by atoms with Gasteiger partial charge in [0.05, 0.1) is 17.4 Å². The number of ether oxygens (including phenoxy) is 1. The summed E-state index contributed by atoms with van der Waals surface area (Å²) in [6.07, 6.45) is 5.13. The minimum absolute atomic E-state index is 0.0572. The summed E-state index contributed by atoms with van der Waals surface area (Å²) in [4.78, 5) is 26.5. The Morgan fingerprint density at radius 3 is 2.82 bits per heavy atom. The van der Waals surface area contributed by atoms with E-state index in [9.17, 15) is 4.79 Å². The number of likely N-dealkylation sites (tertiary alicyclic amines) is 1. The van der Waals surface area contributed by atoms with Crippen LogP contribution in [0, 0.1) is 0 Å². The predicted molar refractivity (Wildman–Crippen MR) is 107 cm³/mol. The monoisotopic (exact) mass is 372 g/mol. The van der Waals surface area contributed by atoms with Gasteiger partial charge in [0.15, 0.2) is 0 Å². The van der Waals surface area contributed by atoms with Gasteiger partial charge in [-0.2, -0.15) is 0 Å². The Hall–Kier alpha value is -3.41. The fraction of sp³-hybridized carbons (Fsp3) is 0.227. The molecule has 140 valence electrons. The Morgan fingerprint density at radius 2 is 1.93 bits per heavy atom. The lowest BCUT2D eigenvalue weighted by Crippen LogP contribution is -2.41. The van der Waals surface area contributed by atoms with Crippen molar-refractivity contribution in [3.05, 3.63) is 66.6 Å². The normalized spacial score (nSPS) is 15.2. The van der Waals surface area contributed by atoms with Gasteiger partial charge in [0.25, 0.3) is 5.91 Å². The first kappa shape index (κ1) is 16.7. The largest absolute Gasteiger partial charge is 0.488 e. The van der Waals surface area contributed by atoms with Gasteiger partial charge in [0.2, 0.25) is 0 Å². The number of carbonyl (C=O) groups excluding carboxylic acids is 1. The number of benzene rings is 2. The molecule has 1 saturated heterocycles. The number of hydrogen-bond acceptors (Lipinski definition) is 4. The van der Waals surface area contributed by atoms with E-state index in [0.717, 1.165) is 40.5 Å². The van der Waals surface area contributed by atoms with Crippen LogP contribution in [0.4, 0.5) is 0 Å². The molecule has 1 aliphatic heterocycles. The minimum Gasteiger partial charge on any atom is -0.488 e. The molecule has 1 amide bonds. The number of H-pyrrole nitrogens is 1. The molecule has 6 heteroatoms. The van der Waals surface area contributed by atoms with E-state index in [1.807, 2.05) is 53.4 Å². The minimum atomic E-state index is 0.0572. The Balaban J connectivity index is 1.26. The number of piperidine rings is 1. The Kier molecular flexibility index (Phi) is 4.16. The van der Waals surface area contributed by atoms with Crippen LogP contribution in [0.5, 0.6) is 5.75 Å². The molecule has 1 fully saturated rings. The first-order valence-corrected chi connectivity index (χ1v) is 9.51. The second kappa shape index (κ2) is 6.96. The van der Waals surface area contributed by atoms with Crippen molar-refractivity contribution < 1.29 is 9.53 Å². The fourth-order valence-corrected chi connectivity index (χ4v) is 3.78. The molecule has 2 aromatic heterocycles. The van der Waals surface area contributed by atoms with Crippen molar-refractivity contribution in [2.45, 2.75) is 18.9 Å². The highest BCUT2D eigenvalue weighted by Gasteiger charge is 2.25. The molecule has 0 aliphatic carbocycles. The first-order valence-electron chi connectivity index (χ1n) is 9.51. The predicted octanol–water partition coefficient (Wildman–Crippen LogP) is 3.79. The zero-order valence-electron chi connectivity index (χ0n) is 15.3. The SMILES string of the molecule is O=C(c1ccc2nc[nH]c2c1)N1CCC(Oc2cccc3cccnc23)CC1. The quantitative estimate of drug-likeness (QED) is 0.594. The molecule has 0 spiro atoms. The molecule has 0 unspecified atom stereocenters. The summed E-state index contributed by atoms with van der Waals surface area (Å²) in [5.41, 5.74) is 3.32. The van der Waals surface area contributed by atoms with Gasteiger partial charge in [-0.3, -0.25) is 9.78 Å². The summed E-state index contributed by atoms with van der Waals surface area (Å²) in [6.45, 7) is 1.37. The third kappa shape index (κ3) is 3.07. The van der Waals surface area contributed by atoms with Crippen molar-refractivity contribution in [2.75, 3.05) is 13.1 Å². The molecule has 0 saturated carbocycles. The third-order valence-electron chi connectivity index (χ3n) is 5.29. The highest BCUT2D eigenvalue weighted by Crippen LogP contribution is 2.27. The summed E-state index contributed by atoms with van der Waals surface area (Å²) >= 11 is 0. The van der Waals surface area contributed by atoms with Crippen LogP contribution in [-0.2, 0) is 0 Å². The third-order valence-corrected chi connectivity index (χ3v) is 5.29. The molecule has 3 heterocycles. The van der Waals surface area contributed by atoms with Crippen molar-refractivity contribution in [3.8, 4) is 5.75 Å². The molecule has 5 rings (SSSR count). The number of aromatic amines is 1. The zero-order valence-corrected chi connectivity index (χ0v) is 15.3. The number of fused-ring (bicyclic) bond motifs is 2. The smallest absolute Gasteiger partial charge is 0.253 e. The number of nitrogens with one attached hydrogen (secondary N) is 1. The Morgan fingerprint density at radius 1 is 1.07 bits per heavy atom. The summed E-state index contributed by atoms with van der Waals surface area (Å²) in [7, 11) is 0. The average molecular weight is 372 g/mol. The maximum absolute atomic E-state index is 12.8. The van der Waals surface area contributed by atoms with Crippen molar-refractivity contribution in [3.63, 3.8) is 0 Å². The van der Waals surface area contributed by atoms with Crippen LogP contribution in [0.15, 0.2) is 61.1 Å². The average Bonchev–Trinajstić information content (AvgIpc) is 3.22. The van der Waals surface area contributed by atoms with Crippen LogP contribution in [0.1, 0.15) is 23.2 Å². The highest BCUT2D eigenvalue weighted by atomic mass is 16.5. The van der Waals surface area contributed by atoms with Crippen LogP contribution in [0.25, 0.3) is 21.9 Å². The van der Waals surface area contributed by atoms with Crippen molar-refractivity contribution in [1.29, 1.82) is 0 Å². The van der Waals surface area contributed by atoms with Gasteiger partial charge in [-0.1, -0.05) is 18.2 Å². The molecule has 6 nitrogen and oxygen atoms in total. The molecule has 0 atom stereocenters. The van der Waals surface area contributed by atoms with Crippen LogP contribution < -0.4 is 4.74 Å². The van der Waals surface area contributed by atoms with Gasteiger partial charge >= 0.3 is 0 Å². The van der Waals surface area contributed by atoms with Crippen LogP contribution in [0.2, 0.25) is 0 Å². The molecule has 2 aromatic carbocycles. The number of para-hydroxylation sites is 1. The molecule has 28 heavy (non-hydrogen) atoms. The van der Waals surface area contributed by atoms with Crippen LogP contribution in [0.3, 0.4) is 0 Å². The summed E-state index contributed by atoms with van der Waals surface area (Å²) in [6, 6.07) is 15.5. The Labute approximate surface area is 162 Å². The van der Waals surface area contributed by atoms with Gasteiger partial charge in [-0.05, 0) is 30.3 Å². The molecule has 4 aromatic rings. The second-order valence-electron chi connectivity index (χ2n) is 7.08. The van der Waals surface area contributed by atoms with Gasteiger partial charge in [-0.25, -0.2) is 4.98 Å². The van der Waals surface area contributed by atoms with Crippen molar-refractivity contribution in [1.82, 2.24) is 19.9 Å². The summed E-state index contributed by atoms with van der Waals surface area (Å²) in [5, 5.41) is 1.07.